The van der Waals surface area contributed by atoms with Gasteiger partial charge in [0.2, 0.25) is 11.8 Å². The van der Waals surface area contributed by atoms with Gasteiger partial charge in [-0.1, -0.05) is 58.3 Å². The van der Waals surface area contributed by atoms with Gasteiger partial charge in [-0.15, -0.1) is 0 Å². The molecule has 0 heterocycles. The standard InChI is InChI=1S/C20H39N5O4/c1-2-3-4-5-6-7-8-9-10-13-17(26)24-15-18(27)25-16(19(28)29)12-11-14-23-20(21)22/h16H,2-15H2,1H3,(H,24,26)(H,25,27)(H,28,29)(H4,21,22,23)/t16-/m0/s1. The van der Waals surface area contributed by atoms with Crippen LogP contribution in [0.1, 0.15) is 84.0 Å². The maximum absolute atomic E-state index is 11.9. The third kappa shape index (κ3) is 17.5. The number of hydrogen-bond acceptors (Lipinski definition) is 4. The quantitative estimate of drug-likeness (QED) is 0.130. The molecule has 0 aromatic heterocycles. The molecule has 0 aliphatic rings. The average Bonchev–Trinajstić information content (AvgIpc) is 2.67. The molecular weight excluding hydrogens is 374 g/mol. The maximum Gasteiger partial charge on any atom is 0.326 e. The van der Waals surface area contributed by atoms with E-state index >= 15 is 0 Å². The lowest BCUT2D eigenvalue weighted by atomic mass is 10.1. The van der Waals surface area contributed by atoms with Gasteiger partial charge in [0.25, 0.3) is 0 Å². The predicted molar refractivity (Wildman–Crippen MR) is 114 cm³/mol. The molecule has 0 rings (SSSR count). The van der Waals surface area contributed by atoms with Crippen molar-refractivity contribution in [1.29, 1.82) is 0 Å². The minimum atomic E-state index is -1.14. The highest BCUT2D eigenvalue weighted by Gasteiger charge is 2.19. The number of nitrogens with two attached hydrogens (primary N) is 2. The van der Waals surface area contributed by atoms with Crippen molar-refractivity contribution in [1.82, 2.24) is 10.6 Å². The lowest BCUT2D eigenvalue weighted by Crippen LogP contribution is -2.45. The van der Waals surface area contributed by atoms with Crippen molar-refractivity contribution in [2.75, 3.05) is 13.1 Å². The molecule has 0 aromatic carbocycles. The third-order valence-corrected chi connectivity index (χ3v) is 4.53. The normalized spacial score (nSPS) is 11.5. The molecule has 0 saturated carbocycles. The number of aliphatic imine (C=N–C) groups is 1. The van der Waals surface area contributed by atoms with Crippen LogP contribution in [-0.2, 0) is 14.4 Å². The van der Waals surface area contributed by atoms with Gasteiger partial charge < -0.3 is 27.2 Å². The summed E-state index contributed by atoms with van der Waals surface area (Å²) in [6.07, 6.45) is 11.5. The predicted octanol–water partition coefficient (Wildman–Crippen LogP) is 1.65. The smallest absolute Gasteiger partial charge is 0.326 e. The second kappa shape index (κ2) is 17.8. The fourth-order valence-corrected chi connectivity index (χ4v) is 2.87. The Morgan fingerprint density at radius 2 is 1.48 bits per heavy atom. The van der Waals surface area contributed by atoms with Crippen molar-refractivity contribution >= 4 is 23.7 Å². The summed E-state index contributed by atoms with van der Waals surface area (Å²) < 4.78 is 0. The summed E-state index contributed by atoms with van der Waals surface area (Å²) in [7, 11) is 0. The average molecular weight is 414 g/mol. The number of hydrogen-bond donors (Lipinski definition) is 5. The molecule has 0 spiro atoms. The number of carboxylic acids is 1. The molecule has 9 heteroatoms. The summed E-state index contributed by atoms with van der Waals surface area (Å²) in [6.45, 7) is 2.27. The van der Waals surface area contributed by atoms with Crippen LogP contribution in [0.5, 0.6) is 0 Å². The van der Waals surface area contributed by atoms with Crippen LogP contribution in [0.4, 0.5) is 0 Å². The number of unbranched alkanes of at least 4 members (excludes halogenated alkanes) is 8. The maximum atomic E-state index is 11.9. The number of carbonyl (C=O) groups excluding carboxylic acids is 2. The van der Waals surface area contributed by atoms with Gasteiger partial charge in [0.1, 0.15) is 6.04 Å². The van der Waals surface area contributed by atoms with Gasteiger partial charge in [0.15, 0.2) is 5.96 Å². The molecule has 0 radical (unpaired) electrons. The van der Waals surface area contributed by atoms with Crippen LogP contribution in [0, 0.1) is 0 Å². The number of amides is 2. The van der Waals surface area contributed by atoms with Gasteiger partial charge in [0.05, 0.1) is 6.54 Å². The molecule has 0 aromatic rings. The summed E-state index contributed by atoms with van der Waals surface area (Å²) in [6, 6.07) is -1.04. The second-order valence-electron chi connectivity index (χ2n) is 7.26. The Hall–Kier alpha value is -2.32. The summed E-state index contributed by atoms with van der Waals surface area (Å²) >= 11 is 0. The number of rotatable bonds is 18. The number of carbonyl (C=O) groups is 3. The van der Waals surface area contributed by atoms with Crippen molar-refractivity contribution in [2.24, 2.45) is 16.5 Å². The summed E-state index contributed by atoms with van der Waals surface area (Å²) in [5.74, 6) is -1.91. The Labute approximate surface area is 174 Å². The van der Waals surface area contributed by atoms with Crippen LogP contribution in [0.3, 0.4) is 0 Å². The number of aliphatic carboxylic acids is 1. The first-order valence-electron chi connectivity index (χ1n) is 10.7. The molecule has 0 aliphatic carbocycles. The van der Waals surface area contributed by atoms with Crippen molar-refractivity contribution in [2.45, 2.75) is 90.0 Å². The lowest BCUT2D eigenvalue weighted by Gasteiger charge is -2.14. The van der Waals surface area contributed by atoms with E-state index in [1.165, 1.54) is 38.5 Å². The zero-order valence-corrected chi connectivity index (χ0v) is 17.8. The van der Waals surface area contributed by atoms with E-state index in [9.17, 15) is 14.4 Å². The van der Waals surface area contributed by atoms with Gasteiger partial charge in [-0.3, -0.25) is 14.6 Å². The second-order valence-corrected chi connectivity index (χ2v) is 7.26. The van der Waals surface area contributed by atoms with Gasteiger partial charge in [0, 0.05) is 13.0 Å². The molecule has 0 aliphatic heterocycles. The van der Waals surface area contributed by atoms with Gasteiger partial charge in [-0.25, -0.2) is 4.79 Å². The highest BCUT2D eigenvalue weighted by Crippen LogP contribution is 2.10. The van der Waals surface area contributed by atoms with E-state index in [0.717, 1.165) is 19.3 Å². The van der Waals surface area contributed by atoms with Crippen LogP contribution in [0.15, 0.2) is 4.99 Å². The highest BCUT2D eigenvalue weighted by molar-refractivity contribution is 5.87. The Bertz CT molecular complexity index is 507. The monoisotopic (exact) mass is 413 g/mol. The zero-order chi connectivity index (χ0) is 21.9. The van der Waals surface area contributed by atoms with Crippen molar-refractivity contribution in [3.8, 4) is 0 Å². The van der Waals surface area contributed by atoms with Crippen molar-refractivity contribution in [3.05, 3.63) is 0 Å². The Kier molecular flexibility index (Phi) is 16.3. The molecule has 2 amide bonds. The molecule has 1 atom stereocenters. The summed E-state index contributed by atoms with van der Waals surface area (Å²) in [5, 5.41) is 14.1. The number of guanidine groups is 1. The van der Waals surface area contributed by atoms with E-state index in [-0.39, 0.29) is 31.4 Å². The zero-order valence-electron chi connectivity index (χ0n) is 17.8. The van der Waals surface area contributed by atoms with Crippen LogP contribution >= 0.6 is 0 Å². The van der Waals surface area contributed by atoms with Gasteiger partial charge in [-0.05, 0) is 19.3 Å². The Morgan fingerprint density at radius 1 is 0.897 bits per heavy atom. The van der Waals surface area contributed by atoms with E-state index in [4.69, 9.17) is 16.6 Å². The molecular formula is C20H39N5O4. The molecule has 9 nitrogen and oxygen atoms in total. The van der Waals surface area contributed by atoms with Gasteiger partial charge >= 0.3 is 5.97 Å². The molecule has 7 N–H and O–H groups in total. The highest BCUT2D eigenvalue weighted by atomic mass is 16.4. The van der Waals surface area contributed by atoms with E-state index in [0.29, 0.717) is 12.8 Å². The first kappa shape index (κ1) is 26.7. The molecule has 0 bridgehead atoms. The first-order chi connectivity index (χ1) is 13.9. The Balaban J connectivity index is 3.83. The number of carboxylic acid groups (broad SMARTS) is 1. The minimum Gasteiger partial charge on any atom is -0.480 e. The van der Waals surface area contributed by atoms with Crippen LogP contribution < -0.4 is 22.1 Å². The topological polar surface area (TPSA) is 160 Å². The SMILES string of the molecule is CCCCCCCCCCCC(=O)NCC(=O)N[C@@H](CCCN=C(N)N)C(=O)O. The van der Waals surface area contributed by atoms with E-state index in [1.807, 2.05) is 0 Å². The number of nitrogens with one attached hydrogen (secondary N) is 2. The summed E-state index contributed by atoms with van der Waals surface area (Å²) in [5.41, 5.74) is 10.4. The van der Waals surface area contributed by atoms with Crippen LogP contribution in [0.25, 0.3) is 0 Å². The first-order valence-corrected chi connectivity index (χ1v) is 10.7. The lowest BCUT2D eigenvalue weighted by molar-refractivity contribution is -0.141. The molecule has 168 valence electrons. The van der Waals surface area contributed by atoms with Crippen LogP contribution in [0.2, 0.25) is 0 Å². The van der Waals surface area contributed by atoms with Crippen molar-refractivity contribution < 1.29 is 19.5 Å². The largest absolute Gasteiger partial charge is 0.480 e. The third-order valence-electron chi connectivity index (χ3n) is 4.53. The summed E-state index contributed by atoms with van der Waals surface area (Å²) in [4.78, 5) is 38.7. The molecule has 0 saturated heterocycles. The van der Waals surface area contributed by atoms with E-state index < -0.39 is 17.9 Å². The van der Waals surface area contributed by atoms with Crippen LogP contribution in [-0.4, -0.2) is 48.0 Å². The van der Waals surface area contributed by atoms with E-state index in [2.05, 4.69) is 22.5 Å². The van der Waals surface area contributed by atoms with Gasteiger partial charge in [-0.2, -0.15) is 0 Å². The Morgan fingerprint density at radius 3 is 2.03 bits per heavy atom. The molecule has 0 fully saturated rings. The minimum absolute atomic E-state index is 0.0596. The van der Waals surface area contributed by atoms with Crippen molar-refractivity contribution in [3.63, 3.8) is 0 Å². The van der Waals surface area contributed by atoms with E-state index in [1.54, 1.807) is 0 Å². The fourth-order valence-electron chi connectivity index (χ4n) is 2.87. The fraction of sp³-hybridized carbons (Fsp3) is 0.800. The molecule has 29 heavy (non-hydrogen) atoms. The molecule has 0 unspecified atom stereocenters. The number of nitrogens with zero attached hydrogens (tertiary/aromatic N) is 1.